The number of hydrogen-bond acceptors (Lipinski definition) is 9. The van der Waals surface area contributed by atoms with E-state index in [4.69, 9.17) is 20.9 Å². The molecule has 0 radical (unpaired) electrons. The molecule has 0 aromatic carbocycles. The van der Waals surface area contributed by atoms with Gasteiger partial charge in [-0.1, -0.05) is 11.6 Å². The summed E-state index contributed by atoms with van der Waals surface area (Å²) in [5.41, 5.74) is 0.437. The van der Waals surface area contributed by atoms with Crippen LogP contribution in [0.2, 0.25) is 5.02 Å². The number of carbonyl (C=O) groups is 2. The quantitative estimate of drug-likeness (QED) is 0.614. The first-order valence-corrected chi connectivity index (χ1v) is 11.6. The molecule has 1 fully saturated rings. The number of rotatable bonds is 2. The molecule has 32 heavy (non-hydrogen) atoms. The molecule has 0 unspecified atom stereocenters. The van der Waals surface area contributed by atoms with Crippen molar-refractivity contribution in [3.05, 3.63) is 47.1 Å². The Morgan fingerprint density at radius 3 is 2.38 bits per heavy atom. The van der Waals surface area contributed by atoms with Crippen LogP contribution >= 0.6 is 11.6 Å². The van der Waals surface area contributed by atoms with Crippen molar-refractivity contribution in [1.29, 1.82) is 0 Å². The molecule has 14 heteroatoms. The van der Waals surface area contributed by atoms with Crippen LogP contribution in [0.3, 0.4) is 0 Å². The van der Waals surface area contributed by atoms with Gasteiger partial charge in [-0.2, -0.15) is 8.42 Å². The minimum absolute atomic E-state index is 0.144. The molecule has 0 spiro atoms. The molecule has 2 aliphatic heterocycles. The van der Waals surface area contributed by atoms with E-state index in [1.807, 2.05) is 7.05 Å². The van der Waals surface area contributed by atoms with Crippen LogP contribution in [0.1, 0.15) is 22.4 Å². The molecule has 1 atom stereocenters. The number of amides is 2. The van der Waals surface area contributed by atoms with E-state index in [2.05, 4.69) is 19.9 Å². The number of fused-ring (bicyclic) bond motifs is 1. The van der Waals surface area contributed by atoms with Crippen LogP contribution in [0.4, 0.5) is 10.6 Å². The maximum absolute atomic E-state index is 12.8. The standard InChI is InChI=1S/C17H17ClN6O3.CH4O3S/c1-22-6-8-23(9-7-22)17(26)27-16-14-13(19-4-5-20-14)15(25)24(16)12-3-2-11(18)10-21-12;1-5(2,3)4/h2-5,10,16H,6-9H2,1H3;1H3,(H,2,3,4)/t16-;/m0./s1. The number of pyridine rings is 1. The second kappa shape index (κ2) is 9.73. The highest BCUT2D eigenvalue weighted by molar-refractivity contribution is 7.85. The molecular formula is C18H21ClN6O6S. The summed E-state index contributed by atoms with van der Waals surface area (Å²) in [7, 11) is -1.67. The first kappa shape index (κ1) is 23.8. The van der Waals surface area contributed by atoms with E-state index in [9.17, 15) is 18.0 Å². The maximum Gasteiger partial charge on any atom is 0.412 e. The van der Waals surface area contributed by atoms with Gasteiger partial charge in [0.1, 0.15) is 11.5 Å². The highest BCUT2D eigenvalue weighted by Gasteiger charge is 2.44. The summed E-state index contributed by atoms with van der Waals surface area (Å²) in [6, 6.07) is 3.20. The van der Waals surface area contributed by atoms with Crippen LogP contribution in [0, 0.1) is 0 Å². The van der Waals surface area contributed by atoms with Crippen LogP contribution in [0.25, 0.3) is 0 Å². The molecule has 2 amide bonds. The number of carbonyl (C=O) groups excluding carboxylic acids is 2. The molecule has 2 aliphatic rings. The number of anilines is 1. The van der Waals surface area contributed by atoms with Crippen LogP contribution < -0.4 is 4.90 Å². The minimum atomic E-state index is -3.67. The Kier molecular flexibility index (Phi) is 7.23. The van der Waals surface area contributed by atoms with Crippen molar-refractivity contribution in [2.75, 3.05) is 44.4 Å². The molecule has 4 rings (SSSR count). The summed E-state index contributed by atoms with van der Waals surface area (Å²) in [5.74, 6) is -0.121. The van der Waals surface area contributed by atoms with Crippen molar-refractivity contribution in [1.82, 2.24) is 24.8 Å². The minimum Gasteiger partial charge on any atom is -0.419 e. The zero-order chi connectivity index (χ0) is 23.5. The predicted octanol–water partition coefficient (Wildman–Crippen LogP) is 1.07. The van der Waals surface area contributed by atoms with E-state index < -0.39 is 28.3 Å². The topological polar surface area (TPSA) is 146 Å². The summed E-state index contributed by atoms with van der Waals surface area (Å²) in [4.78, 5) is 43.0. The lowest BCUT2D eigenvalue weighted by atomic mass is 10.3. The van der Waals surface area contributed by atoms with Gasteiger partial charge in [0, 0.05) is 44.8 Å². The monoisotopic (exact) mass is 484 g/mol. The van der Waals surface area contributed by atoms with E-state index in [-0.39, 0.29) is 5.69 Å². The van der Waals surface area contributed by atoms with Gasteiger partial charge in [-0.25, -0.2) is 19.7 Å². The van der Waals surface area contributed by atoms with Crippen molar-refractivity contribution in [2.24, 2.45) is 0 Å². The second-order valence-electron chi connectivity index (χ2n) is 7.06. The average molecular weight is 485 g/mol. The second-order valence-corrected chi connectivity index (χ2v) is 8.96. The van der Waals surface area contributed by atoms with E-state index in [1.165, 1.54) is 23.5 Å². The SMILES string of the molecule is CN1CCN(C(=O)O[C@H]2c3nccnc3C(=O)N2c2ccc(Cl)cn2)CC1.CS(=O)(=O)O. The third-order valence-electron chi connectivity index (χ3n) is 4.55. The van der Waals surface area contributed by atoms with Gasteiger partial charge in [0.2, 0.25) is 6.23 Å². The molecule has 2 aromatic rings. The Balaban J connectivity index is 0.000000523. The Bertz CT molecular complexity index is 1080. The van der Waals surface area contributed by atoms with E-state index >= 15 is 0 Å². The Hall–Kier alpha value is -2.87. The van der Waals surface area contributed by atoms with Gasteiger partial charge >= 0.3 is 6.09 Å². The van der Waals surface area contributed by atoms with Gasteiger partial charge in [-0.3, -0.25) is 14.3 Å². The van der Waals surface area contributed by atoms with Crippen LogP contribution in [-0.2, 0) is 14.9 Å². The number of ether oxygens (including phenoxy) is 1. The number of halogens is 1. The normalized spacial score (nSPS) is 18.6. The molecular weight excluding hydrogens is 464 g/mol. The molecule has 12 nitrogen and oxygen atoms in total. The molecule has 2 aromatic heterocycles. The lowest BCUT2D eigenvalue weighted by Gasteiger charge is -2.33. The molecule has 172 valence electrons. The Morgan fingerprint density at radius 2 is 1.78 bits per heavy atom. The molecule has 0 aliphatic carbocycles. The van der Waals surface area contributed by atoms with Crippen molar-refractivity contribution in [3.8, 4) is 0 Å². The van der Waals surface area contributed by atoms with Gasteiger partial charge in [-0.15, -0.1) is 0 Å². The molecule has 1 saturated heterocycles. The highest BCUT2D eigenvalue weighted by atomic mass is 35.5. The smallest absolute Gasteiger partial charge is 0.412 e. The fraction of sp³-hybridized carbons (Fsp3) is 0.389. The van der Waals surface area contributed by atoms with E-state index in [0.717, 1.165) is 13.1 Å². The lowest BCUT2D eigenvalue weighted by Crippen LogP contribution is -2.48. The number of aromatic nitrogens is 3. The van der Waals surface area contributed by atoms with E-state index in [0.29, 0.717) is 35.9 Å². The summed E-state index contributed by atoms with van der Waals surface area (Å²) in [5, 5.41) is 0.435. The van der Waals surface area contributed by atoms with Crippen molar-refractivity contribution in [3.63, 3.8) is 0 Å². The summed E-state index contributed by atoms with van der Waals surface area (Å²) in [6.45, 7) is 2.64. The fourth-order valence-electron chi connectivity index (χ4n) is 3.04. The maximum atomic E-state index is 12.8. The van der Waals surface area contributed by atoms with Gasteiger partial charge in [-0.05, 0) is 19.2 Å². The third kappa shape index (κ3) is 5.88. The van der Waals surface area contributed by atoms with Crippen molar-refractivity contribution < 1.29 is 27.3 Å². The largest absolute Gasteiger partial charge is 0.419 e. The molecule has 1 N–H and O–H groups in total. The van der Waals surface area contributed by atoms with Crippen LogP contribution in [0.5, 0.6) is 0 Å². The van der Waals surface area contributed by atoms with Gasteiger partial charge < -0.3 is 14.5 Å². The number of likely N-dealkylation sites (N-methyl/N-ethyl adjacent to an activating group) is 1. The molecule has 0 saturated carbocycles. The van der Waals surface area contributed by atoms with Gasteiger partial charge in [0.25, 0.3) is 16.0 Å². The number of piperazine rings is 1. The Labute approximate surface area is 189 Å². The molecule has 4 heterocycles. The predicted molar refractivity (Wildman–Crippen MR) is 114 cm³/mol. The average Bonchev–Trinajstić information content (AvgIpc) is 3.00. The Morgan fingerprint density at radius 1 is 1.16 bits per heavy atom. The zero-order valence-corrected chi connectivity index (χ0v) is 18.8. The van der Waals surface area contributed by atoms with Gasteiger partial charge in [0.05, 0.1) is 11.3 Å². The van der Waals surface area contributed by atoms with E-state index in [1.54, 1.807) is 17.0 Å². The zero-order valence-electron chi connectivity index (χ0n) is 17.3. The first-order chi connectivity index (χ1) is 15.0. The fourth-order valence-corrected chi connectivity index (χ4v) is 3.15. The number of hydrogen-bond donors (Lipinski definition) is 1. The summed E-state index contributed by atoms with van der Waals surface area (Å²) < 4.78 is 31.5. The van der Waals surface area contributed by atoms with Gasteiger partial charge in [0.15, 0.2) is 5.69 Å². The van der Waals surface area contributed by atoms with Crippen molar-refractivity contribution in [2.45, 2.75) is 6.23 Å². The highest BCUT2D eigenvalue weighted by Crippen LogP contribution is 2.35. The lowest BCUT2D eigenvalue weighted by molar-refractivity contribution is 0.0476. The van der Waals surface area contributed by atoms with Crippen LogP contribution in [-0.4, -0.2) is 89.2 Å². The van der Waals surface area contributed by atoms with Crippen LogP contribution in [0.15, 0.2) is 30.7 Å². The first-order valence-electron chi connectivity index (χ1n) is 9.37. The third-order valence-corrected chi connectivity index (χ3v) is 4.77. The number of nitrogens with zero attached hydrogens (tertiary/aromatic N) is 6. The molecule has 0 bridgehead atoms. The summed E-state index contributed by atoms with van der Waals surface area (Å²) >= 11 is 5.89. The summed E-state index contributed by atoms with van der Waals surface area (Å²) in [6.07, 6.45) is 3.50. The van der Waals surface area contributed by atoms with Crippen molar-refractivity contribution >= 4 is 39.5 Å².